The zero-order valence-electron chi connectivity index (χ0n) is 11.5. The van der Waals surface area contributed by atoms with E-state index in [9.17, 15) is 0 Å². The summed E-state index contributed by atoms with van der Waals surface area (Å²) >= 11 is 1.68. The van der Waals surface area contributed by atoms with Gasteiger partial charge in [0.2, 0.25) is 0 Å². The maximum Gasteiger partial charge on any atom is 0.118 e. The second-order valence-corrected chi connectivity index (χ2v) is 5.62. The molecule has 0 aliphatic rings. The molecule has 1 heterocycles. The Morgan fingerprint density at radius 3 is 1.90 bits per heavy atom. The van der Waals surface area contributed by atoms with Crippen molar-refractivity contribution < 1.29 is 4.74 Å². The molecule has 3 rings (SSSR count). The molecule has 0 unspecified atom stereocenters. The van der Waals surface area contributed by atoms with Gasteiger partial charge in [0.25, 0.3) is 0 Å². The van der Waals surface area contributed by atoms with Crippen molar-refractivity contribution in [3.8, 4) is 28.1 Å². The fourth-order valence-corrected chi connectivity index (χ4v) is 2.73. The molecule has 2 nitrogen and oxygen atoms in total. The van der Waals surface area contributed by atoms with E-state index in [2.05, 4.69) is 46.8 Å². The number of thiazole rings is 1. The van der Waals surface area contributed by atoms with E-state index in [1.165, 1.54) is 11.1 Å². The van der Waals surface area contributed by atoms with Crippen LogP contribution in [0.25, 0.3) is 22.4 Å². The molecule has 3 heteroatoms. The van der Waals surface area contributed by atoms with Crippen molar-refractivity contribution >= 4 is 11.3 Å². The van der Waals surface area contributed by atoms with Crippen LogP contribution < -0.4 is 4.74 Å². The molecule has 1 aromatic heterocycles. The zero-order valence-corrected chi connectivity index (χ0v) is 12.3. The summed E-state index contributed by atoms with van der Waals surface area (Å²) < 4.78 is 5.18. The highest BCUT2D eigenvalue weighted by molar-refractivity contribution is 7.09. The van der Waals surface area contributed by atoms with Gasteiger partial charge in [-0.05, 0) is 30.2 Å². The smallest absolute Gasteiger partial charge is 0.118 e. The predicted octanol–water partition coefficient (Wildman–Crippen LogP) is 4.79. The Labute approximate surface area is 122 Å². The Kier molecular flexibility index (Phi) is 3.52. The van der Waals surface area contributed by atoms with Crippen molar-refractivity contribution in [2.45, 2.75) is 6.92 Å². The third kappa shape index (κ3) is 2.58. The first-order chi connectivity index (χ1) is 9.76. The number of aryl methyl sites for hydroxylation is 1. The van der Waals surface area contributed by atoms with Crippen LogP contribution in [-0.2, 0) is 0 Å². The lowest BCUT2D eigenvalue weighted by molar-refractivity contribution is 0.415. The normalized spacial score (nSPS) is 10.5. The molecule has 0 bridgehead atoms. The quantitative estimate of drug-likeness (QED) is 0.688. The van der Waals surface area contributed by atoms with Gasteiger partial charge in [-0.15, -0.1) is 11.3 Å². The van der Waals surface area contributed by atoms with E-state index in [0.29, 0.717) is 0 Å². The van der Waals surface area contributed by atoms with Crippen LogP contribution in [0.1, 0.15) is 5.01 Å². The van der Waals surface area contributed by atoms with E-state index in [-0.39, 0.29) is 0 Å². The number of benzene rings is 2. The van der Waals surface area contributed by atoms with Crippen LogP contribution in [0.15, 0.2) is 53.9 Å². The lowest BCUT2D eigenvalue weighted by Crippen LogP contribution is -1.83. The molecule has 0 N–H and O–H groups in total. The van der Waals surface area contributed by atoms with Gasteiger partial charge >= 0.3 is 0 Å². The summed E-state index contributed by atoms with van der Waals surface area (Å²) in [5.41, 5.74) is 4.59. The SMILES string of the molecule is COc1ccc(-c2ccc(-c3csc(C)n3)cc2)cc1. The first kappa shape index (κ1) is 12.9. The third-order valence-electron chi connectivity index (χ3n) is 3.22. The molecule has 3 aromatic rings. The van der Waals surface area contributed by atoms with Crippen LogP contribution in [0.2, 0.25) is 0 Å². The predicted molar refractivity (Wildman–Crippen MR) is 84.3 cm³/mol. The first-order valence-corrected chi connectivity index (χ1v) is 7.31. The number of aromatic nitrogens is 1. The number of rotatable bonds is 3. The van der Waals surface area contributed by atoms with E-state index in [1.807, 2.05) is 19.1 Å². The fraction of sp³-hybridized carbons (Fsp3) is 0.118. The Bertz CT molecular complexity index is 699. The minimum Gasteiger partial charge on any atom is -0.497 e. The lowest BCUT2D eigenvalue weighted by Gasteiger charge is -2.05. The molecule has 0 fully saturated rings. The topological polar surface area (TPSA) is 22.1 Å². The van der Waals surface area contributed by atoms with Gasteiger partial charge in [-0.1, -0.05) is 36.4 Å². The Morgan fingerprint density at radius 2 is 1.40 bits per heavy atom. The highest BCUT2D eigenvalue weighted by Gasteiger charge is 2.03. The van der Waals surface area contributed by atoms with Crippen LogP contribution >= 0.6 is 11.3 Å². The molecule has 0 aliphatic heterocycles. The standard InChI is InChI=1S/C17H15NOS/c1-12-18-17(11-20-12)15-5-3-13(4-6-15)14-7-9-16(19-2)10-8-14/h3-11H,1-2H3. The summed E-state index contributed by atoms with van der Waals surface area (Å²) in [6.45, 7) is 2.03. The van der Waals surface area contributed by atoms with Gasteiger partial charge in [0.05, 0.1) is 17.8 Å². The molecule has 0 amide bonds. The molecule has 0 saturated heterocycles. The van der Waals surface area contributed by atoms with Crippen LogP contribution in [0.5, 0.6) is 5.75 Å². The van der Waals surface area contributed by atoms with Crippen molar-refractivity contribution in [1.82, 2.24) is 4.98 Å². The number of hydrogen-bond donors (Lipinski definition) is 0. The second-order valence-electron chi connectivity index (χ2n) is 4.56. The number of hydrogen-bond acceptors (Lipinski definition) is 3. The van der Waals surface area contributed by atoms with Crippen LogP contribution in [-0.4, -0.2) is 12.1 Å². The molecule has 100 valence electrons. The van der Waals surface area contributed by atoms with Crippen LogP contribution in [0, 0.1) is 6.92 Å². The first-order valence-electron chi connectivity index (χ1n) is 6.43. The molecular weight excluding hydrogens is 266 g/mol. The van der Waals surface area contributed by atoms with Gasteiger partial charge in [-0.3, -0.25) is 0 Å². The van der Waals surface area contributed by atoms with E-state index in [4.69, 9.17) is 4.74 Å². The molecule has 20 heavy (non-hydrogen) atoms. The number of ether oxygens (including phenoxy) is 1. The highest BCUT2D eigenvalue weighted by atomic mass is 32.1. The minimum absolute atomic E-state index is 0.878. The largest absolute Gasteiger partial charge is 0.497 e. The highest BCUT2D eigenvalue weighted by Crippen LogP contribution is 2.26. The Hall–Kier alpha value is -2.13. The van der Waals surface area contributed by atoms with Gasteiger partial charge in [-0.25, -0.2) is 4.98 Å². The average Bonchev–Trinajstić information content (AvgIpc) is 2.94. The maximum absolute atomic E-state index is 5.18. The molecule has 0 spiro atoms. The third-order valence-corrected chi connectivity index (χ3v) is 4.00. The molecule has 2 aromatic carbocycles. The zero-order chi connectivity index (χ0) is 13.9. The van der Waals surface area contributed by atoms with Crippen molar-refractivity contribution in [2.24, 2.45) is 0 Å². The van der Waals surface area contributed by atoms with Crippen molar-refractivity contribution in [1.29, 1.82) is 0 Å². The fourth-order valence-electron chi connectivity index (χ4n) is 2.11. The summed E-state index contributed by atoms with van der Waals surface area (Å²) in [4.78, 5) is 4.51. The average molecular weight is 281 g/mol. The summed E-state index contributed by atoms with van der Waals surface area (Å²) in [5.74, 6) is 0.878. The Morgan fingerprint density at radius 1 is 0.850 bits per heavy atom. The minimum atomic E-state index is 0.878. The van der Waals surface area contributed by atoms with E-state index in [1.54, 1.807) is 18.4 Å². The lowest BCUT2D eigenvalue weighted by atomic mass is 10.0. The summed E-state index contributed by atoms with van der Waals surface area (Å²) in [5, 5.41) is 3.19. The van der Waals surface area contributed by atoms with Crippen molar-refractivity contribution in [3.05, 3.63) is 58.9 Å². The second kappa shape index (κ2) is 5.47. The molecule has 0 radical (unpaired) electrons. The summed E-state index contributed by atoms with van der Waals surface area (Å²) in [6, 6.07) is 16.6. The van der Waals surface area contributed by atoms with Crippen LogP contribution in [0.4, 0.5) is 0 Å². The van der Waals surface area contributed by atoms with E-state index >= 15 is 0 Å². The van der Waals surface area contributed by atoms with Crippen molar-refractivity contribution in [3.63, 3.8) is 0 Å². The summed E-state index contributed by atoms with van der Waals surface area (Å²) in [7, 11) is 1.68. The van der Waals surface area contributed by atoms with Gasteiger partial charge in [0, 0.05) is 10.9 Å². The molecule has 0 saturated carbocycles. The van der Waals surface area contributed by atoms with Gasteiger partial charge < -0.3 is 4.74 Å². The maximum atomic E-state index is 5.18. The number of methoxy groups -OCH3 is 1. The van der Waals surface area contributed by atoms with Gasteiger partial charge in [0.15, 0.2) is 0 Å². The molecule has 0 atom stereocenters. The number of nitrogens with zero attached hydrogens (tertiary/aromatic N) is 1. The van der Waals surface area contributed by atoms with Crippen LogP contribution in [0.3, 0.4) is 0 Å². The van der Waals surface area contributed by atoms with Gasteiger partial charge in [-0.2, -0.15) is 0 Å². The monoisotopic (exact) mass is 281 g/mol. The van der Waals surface area contributed by atoms with Crippen molar-refractivity contribution in [2.75, 3.05) is 7.11 Å². The van der Waals surface area contributed by atoms with E-state index in [0.717, 1.165) is 22.0 Å². The van der Waals surface area contributed by atoms with Gasteiger partial charge in [0.1, 0.15) is 5.75 Å². The Balaban J connectivity index is 1.88. The van der Waals surface area contributed by atoms with E-state index < -0.39 is 0 Å². The molecule has 0 aliphatic carbocycles. The summed E-state index contributed by atoms with van der Waals surface area (Å²) in [6.07, 6.45) is 0. The molecular formula is C17H15NOS.